The van der Waals surface area contributed by atoms with E-state index in [2.05, 4.69) is 10.3 Å². The van der Waals surface area contributed by atoms with Crippen molar-refractivity contribution in [3.63, 3.8) is 0 Å². The highest BCUT2D eigenvalue weighted by atomic mass is 19.1. The Hall–Kier alpha value is -2.24. The molecule has 114 valence electrons. The second kappa shape index (κ2) is 4.90. The first-order valence-corrected chi connectivity index (χ1v) is 7.53. The molecule has 2 aliphatic rings. The zero-order chi connectivity index (χ0) is 15.2. The van der Waals surface area contributed by atoms with Gasteiger partial charge >= 0.3 is 5.97 Å². The summed E-state index contributed by atoms with van der Waals surface area (Å²) in [7, 11) is 0. The molecule has 2 aliphatic carbocycles. The van der Waals surface area contributed by atoms with Gasteiger partial charge < -0.3 is 4.74 Å². The molecule has 22 heavy (non-hydrogen) atoms. The molecule has 4 rings (SSSR count). The number of nitrogens with zero attached hydrogens (tertiary/aromatic N) is 3. The number of ether oxygens (including phenoxy) is 1. The second-order valence-corrected chi connectivity index (χ2v) is 6.16. The van der Waals surface area contributed by atoms with Crippen LogP contribution in [0.15, 0.2) is 30.5 Å². The summed E-state index contributed by atoms with van der Waals surface area (Å²) < 4.78 is 20.3. The van der Waals surface area contributed by atoms with Gasteiger partial charge in [0.05, 0.1) is 12.7 Å². The predicted octanol–water partition coefficient (Wildman–Crippen LogP) is 2.56. The van der Waals surface area contributed by atoms with Gasteiger partial charge in [0.15, 0.2) is 5.69 Å². The summed E-state index contributed by atoms with van der Waals surface area (Å²) in [4.78, 5) is 12.2. The number of hydrogen-bond donors (Lipinski definition) is 0. The lowest BCUT2D eigenvalue weighted by Crippen LogP contribution is -2.22. The first kappa shape index (κ1) is 13.4. The minimum Gasteiger partial charge on any atom is -0.454 e. The lowest BCUT2D eigenvalue weighted by Gasteiger charge is -2.14. The summed E-state index contributed by atoms with van der Waals surface area (Å²) in [5.41, 5.74) is 0.758. The molecule has 2 aromatic rings. The molecule has 0 spiro atoms. The summed E-state index contributed by atoms with van der Waals surface area (Å²) in [5, 5.41) is 7.79. The third kappa shape index (κ3) is 2.61. The minimum absolute atomic E-state index is 0.211. The van der Waals surface area contributed by atoms with Crippen molar-refractivity contribution < 1.29 is 13.9 Å². The van der Waals surface area contributed by atoms with Crippen LogP contribution in [0.4, 0.5) is 4.39 Å². The normalized spacial score (nSPS) is 19.0. The maximum absolute atomic E-state index is 13.2. The van der Waals surface area contributed by atoms with Gasteiger partial charge in [-0.05, 0) is 49.3 Å². The number of rotatable bonds is 5. The van der Waals surface area contributed by atoms with Gasteiger partial charge in [-0.3, -0.25) is 0 Å². The van der Waals surface area contributed by atoms with Gasteiger partial charge in [0.25, 0.3) is 0 Å². The molecule has 2 saturated carbocycles. The molecule has 0 amide bonds. The smallest absolute Gasteiger partial charge is 0.361 e. The molecule has 0 unspecified atom stereocenters. The maximum Gasteiger partial charge on any atom is 0.361 e. The lowest BCUT2D eigenvalue weighted by atomic mass is 10.2. The average Bonchev–Trinajstić information content (AvgIpc) is 3.39. The number of esters is 1. The first-order valence-electron chi connectivity index (χ1n) is 7.53. The van der Waals surface area contributed by atoms with E-state index in [9.17, 15) is 9.18 Å². The fourth-order valence-corrected chi connectivity index (χ4v) is 2.85. The summed E-state index contributed by atoms with van der Waals surface area (Å²) in [6, 6.07) is 6.27. The predicted molar refractivity (Wildman–Crippen MR) is 75.6 cm³/mol. The number of carbonyl (C=O) groups excluding carboxylic acids is 1. The Balaban J connectivity index is 1.43. The van der Waals surface area contributed by atoms with Crippen LogP contribution in [0.1, 0.15) is 41.7 Å². The summed E-state index contributed by atoms with van der Waals surface area (Å²) in [6.07, 6.45) is 5.77. The maximum atomic E-state index is 13.2. The van der Waals surface area contributed by atoms with E-state index in [0.717, 1.165) is 31.2 Å². The topological polar surface area (TPSA) is 57.0 Å². The van der Waals surface area contributed by atoms with Gasteiger partial charge in [0, 0.05) is 0 Å². The van der Waals surface area contributed by atoms with Gasteiger partial charge in [-0.2, -0.15) is 0 Å². The van der Waals surface area contributed by atoms with Crippen molar-refractivity contribution >= 4 is 5.97 Å². The van der Waals surface area contributed by atoms with E-state index in [-0.39, 0.29) is 17.1 Å². The molecule has 1 heterocycles. The first-order chi connectivity index (χ1) is 10.6. The van der Waals surface area contributed by atoms with Crippen molar-refractivity contribution in [2.45, 2.75) is 37.8 Å². The Kier molecular flexibility index (Phi) is 2.99. The Labute approximate surface area is 127 Å². The van der Waals surface area contributed by atoms with Crippen LogP contribution in [0.3, 0.4) is 0 Å². The van der Waals surface area contributed by atoms with Gasteiger partial charge in [-0.15, -0.1) is 5.10 Å². The Morgan fingerprint density at radius 3 is 2.91 bits per heavy atom. The standard InChI is InChI=1S/C16H16FN3O2/c17-13-3-1-2-11(8-13)9-20-10-14(18-19-20)15(21)22-16(6-7-16)12-4-5-12/h1-3,8,10,12H,4-7,9H2. The largest absolute Gasteiger partial charge is 0.454 e. The highest BCUT2D eigenvalue weighted by Crippen LogP contribution is 2.56. The van der Waals surface area contributed by atoms with Crippen LogP contribution in [0.2, 0.25) is 0 Å². The highest BCUT2D eigenvalue weighted by molar-refractivity contribution is 5.87. The van der Waals surface area contributed by atoms with Crippen molar-refractivity contribution in [2.24, 2.45) is 5.92 Å². The number of aromatic nitrogens is 3. The Bertz CT molecular complexity index is 720. The third-order valence-corrected chi connectivity index (χ3v) is 4.34. The average molecular weight is 301 g/mol. The molecule has 0 atom stereocenters. The molecule has 0 bridgehead atoms. The Morgan fingerprint density at radius 1 is 1.41 bits per heavy atom. The monoisotopic (exact) mass is 301 g/mol. The molecule has 0 N–H and O–H groups in total. The van der Waals surface area contributed by atoms with Crippen molar-refractivity contribution in [2.75, 3.05) is 0 Å². The van der Waals surface area contributed by atoms with E-state index in [0.29, 0.717) is 12.5 Å². The van der Waals surface area contributed by atoms with E-state index >= 15 is 0 Å². The molecule has 0 saturated heterocycles. The van der Waals surface area contributed by atoms with Crippen LogP contribution >= 0.6 is 0 Å². The van der Waals surface area contributed by atoms with Crippen molar-refractivity contribution in [3.05, 3.63) is 47.5 Å². The van der Waals surface area contributed by atoms with Crippen LogP contribution in [0, 0.1) is 11.7 Å². The van der Waals surface area contributed by atoms with Crippen LogP contribution in [0.25, 0.3) is 0 Å². The van der Waals surface area contributed by atoms with Crippen LogP contribution in [0.5, 0.6) is 0 Å². The third-order valence-electron chi connectivity index (χ3n) is 4.34. The quantitative estimate of drug-likeness (QED) is 0.796. The van der Waals surface area contributed by atoms with E-state index in [1.54, 1.807) is 18.3 Å². The number of carbonyl (C=O) groups is 1. The number of halogens is 1. The number of benzene rings is 1. The number of hydrogen-bond acceptors (Lipinski definition) is 4. The minimum atomic E-state index is -0.408. The lowest BCUT2D eigenvalue weighted by molar-refractivity contribution is 0.0153. The zero-order valence-electron chi connectivity index (χ0n) is 12.0. The van der Waals surface area contributed by atoms with Gasteiger partial charge in [-0.1, -0.05) is 17.3 Å². The van der Waals surface area contributed by atoms with Crippen molar-refractivity contribution in [3.8, 4) is 0 Å². The van der Waals surface area contributed by atoms with E-state index in [1.165, 1.54) is 16.8 Å². The van der Waals surface area contributed by atoms with Crippen LogP contribution in [-0.2, 0) is 11.3 Å². The van der Waals surface area contributed by atoms with Gasteiger partial charge in [-0.25, -0.2) is 13.9 Å². The molecule has 0 radical (unpaired) electrons. The zero-order valence-corrected chi connectivity index (χ0v) is 12.0. The van der Waals surface area contributed by atoms with E-state index < -0.39 is 5.97 Å². The summed E-state index contributed by atoms with van der Waals surface area (Å²) in [6.45, 7) is 0.367. The molecule has 1 aromatic heterocycles. The van der Waals surface area contributed by atoms with Crippen LogP contribution in [-0.4, -0.2) is 26.6 Å². The molecule has 0 aliphatic heterocycles. The second-order valence-electron chi connectivity index (χ2n) is 6.16. The highest BCUT2D eigenvalue weighted by Gasteiger charge is 2.57. The van der Waals surface area contributed by atoms with E-state index in [1.807, 2.05) is 0 Å². The van der Waals surface area contributed by atoms with Crippen molar-refractivity contribution in [1.29, 1.82) is 0 Å². The fourth-order valence-electron chi connectivity index (χ4n) is 2.85. The Morgan fingerprint density at radius 2 is 2.23 bits per heavy atom. The summed E-state index contributed by atoms with van der Waals surface area (Å²) in [5.74, 6) is -0.161. The molecule has 6 heteroatoms. The molecule has 1 aromatic carbocycles. The summed E-state index contributed by atoms with van der Waals surface area (Å²) >= 11 is 0. The molecular formula is C16H16FN3O2. The molecule has 5 nitrogen and oxygen atoms in total. The van der Waals surface area contributed by atoms with Gasteiger partial charge in [0.2, 0.25) is 0 Å². The van der Waals surface area contributed by atoms with Crippen LogP contribution < -0.4 is 0 Å². The molecule has 2 fully saturated rings. The SMILES string of the molecule is O=C(OC1(C2CC2)CC1)c1cn(Cc2cccc(F)c2)nn1. The fraction of sp³-hybridized carbons (Fsp3) is 0.438. The molecular weight excluding hydrogens is 285 g/mol. The van der Waals surface area contributed by atoms with Crippen molar-refractivity contribution in [1.82, 2.24) is 15.0 Å². The van der Waals surface area contributed by atoms with E-state index in [4.69, 9.17) is 4.74 Å². The van der Waals surface area contributed by atoms with Gasteiger partial charge in [0.1, 0.15) is 11.4 Å².